The molecule has 5 nitrogen and oxygen atoms in total. The van der Waals surface area contributed by atoms with Gasteiger partial charge in [-0.1, -0.05) is 42.5 Å². The van der Waals surface area contributed by atoms with Gasteiger partial charge >= 0.3 is 0 Å². The van der Waals surface area contributed by atoms with Crippen LogP contribution in [0.4, 0.5) is 5.69 Å². The highest BCUT2D eigenvalue weighted by atomic mass is 32.2. The van der Waals surface area contributed by atoms with E-state index in [4.69, 9.17) is 4.74 Å². The lowest BCUT2D eigenvalue weighted by Gasteiger charge is -2.20. The zero-order valence-corrected chi connectivity index (χ0v) is 17.5. The summed E-state index contributed by atoms with van der Waals surface area (Å²) in [4.78, 5) is 19.0. The van der Waals surface area contributed by atoms with E-state index in [1.54, 1.807) is 18.9 Å². The first kappa shape index (κ1) is 19.8. The zero-order chi connectivity index (χ0) is 20.9. The van der Waals surface area contributed by atoms with Gasteiger partial charge in [0.05, 0.1) is 12.8 Å². The monoisotopic (exact) mass is 415 g/mol. The minimum Gasteiger partial charge on any atom is -0.497 e. The number of benzene rings is 3. The second kappa shape index (κ2) is 8.88. The maximum atomic E-state index is 13.2. The molecule has 0 spiro atoms. The SMILES string of the molecule is COc1ccc(NN2C(=O)/C(=C/c3ccc(SC)cc3)N=C2c2ccccc2)cc1. The number of aliphatic imine (C=N–C) groups is 1. The van der Waals surface area contributed by atoms with E-state index in [2.05, 4.69) is 10.4 Å². The van der Waals surface area contributed by atoms with Crippen molar-refractivity contribution >= 4 is 35.3 Å². The highest BCUT2D eigenvalue weighted by Crippen LogP contribution is 2.25. The highest BCUT2D eigenvalue weighted by Gasteiger charge is 2.31. The number of thioether (sulfide) groups is 1. The number of anilines is 1. The molecule has 0 bridgehead atoms. The fourth-order valence-electron chi connectivity index (χ4n) is 3.05. The molecule has 150 valence electrons. The van der Waals surface area contributed by atoms with Crippen LogP contribution < -0.4 is 10.2 Å². The van der Waals surface area contributed by atoms with Crippen LogP contribution >= 0.6 is 11.8 Å². The van der Waals surface area contributed by atoms with Crippen LogP contribution in [-0.2, 0) is 4.79 Å². The summed E-state index contributed by atoms with van der Waals surface area (Å²) in [7, 11) is 1.62. The molecule has 0 radical (unpaired) electrons. The fraction of sp³-hybridized carbons (Fsp3) is 0.0833. The summed E-state index contributed by atoms with van der Waals surface area (Å²) in [6, 6.07) is 25.1. The van der Waals surface area contributed by atoms with Crippen molar-refractivity contribution in [1.29, 1.82) is 0 Å². The van der Waals surface area contributed by atoms with Crippen LogP contribution in [0.25, 0.3) is 6.08 Å². The lowest BCUT2D eigenvalue weighted by atomic mass is 10.2. The molecular weight excluding hydrogens is 394 g/mol. The molecule has 0 aliphatic carbocycles. The van der Waals surface area contributed by atoms with E-state index in [1.165, 1.54) is 9.90 Å². The molecule has 6 heteroatoms. The lowest BCUT2D eigenvalue weighted by molar-refractivity contribution is -0.121. The van der Waals surface area contributed by atoms with Crippen LogP contribution in [0.15, 0.2) is 94.4 Å². The minimum absolute atomic E-state index is 0.210. The summed E-state index contributed by atoms with van der Waals surface area (Å²) in [6.45, 7) is 0. The molecule has 0 saturated carbocycles. The van der Waals surface area contributed by atoms with Crippen LogP contribution in [0.5, 0.6) is 5.75 Å². The number of carbonyl (C=O) groups is 1. The molecular formula is C24H21N3O2S. The van der Waals surface area contributed by atoms with Crippen molar-refractivity contribution < 1.29 is 9.53 Å². The highest BCUT2D eigenvalue weighted by molar-refractivity contribution is 7.98. The molecule has 30 heavy (non-hydrogen) atoms. The Balaban J connectivity index is 1.68. The van der Waals surface area contributed by atoms with Crippen LogP contribution in [0.2, 0.25) is 0 Å². The summed E-state index contributed by atoms with van der Waals surface area (Å²) in [5.74, 6) is 1.10. The summed E-state index contributed by atoms with van der Waals surface area (Å²) < 4.78 is 5.21. The predicted molar refractivity (Wildman–Crippen MR) is 123 cm³/mol. The Kier molecular flexibility index (Phi) is 5.86. The number of hydrogen-bond acceptors (Lipinski definition) is 5. The van der Waals surface area contributed by atoms with Gasteiger partial charge in [-0.3, -0.25) is 10.2 Å². The van der Waals surface area contributed by atoms with E-state index in [-0.39, 0.29) is 5.91 Å². The van der Waals surface area contributed by atoms with Crippen molar-refractivity contribution in [2.45, 2.75) is 4.90 Å². The molecule has 0 aromatic heterocycles. The number of ether oxygens (including phenoxy) is 1. The Morgan fingerprint density at radius 1 is 0.967 bits per heavy atom. The van der Waals surface area contributed by atoms with Gasteiger partial charge < -0.3 is 4.74 Å². The molecule has 3 aromatic rings. The summed E-state index contributed by atoms with van der Waals surface area (Å²) in [6.07, 6.45) is 3.85. The molecule has 0 saturated heterocycles. The normalized spacial score (nSPS) is 14.7. The van der Waals surface area contributed by atoms with Gasteiger partial charge in [0.2, 0.25) is 0 Å². The molecule has 1 aliphatic rings. The van der Waals surface area contributed by atoms with Gasteiger partial charge in [-0.05, 0) is 54.3 Å². The number of rotatable bonds is 6. The first-order valence-electron chi connectivity index (χ1n) is 9.43. The number of hydrazine groups is 1. The van der Waals surface area contributed by atoms with E-state index in [1.807, 2.05) is 91.2 Å². The number of hydrogen-bond donors (Lipinski definition) is 1. The van der Waals surface area contributed by atoms with Crippen molar-refractivity contribution in [1.82, 2.24) is 5.01 Å². The van der Waals surface area contributed by atoms with Crippen molar-refractivity contribution in [2.24, 2.45) is 4.99 Å². The first-order chi connectivity index (χ1) is 14.7. The standard InChI is InChI=1S/C24H21N3O2S/c1-29-20-12-10-19(11-13-20)26-27-23(18-6-4-3-5-7-18)25-22(24(27)28)16-17-8-14-21(30-2)15-9-17/h3-16,26H,1-2H3/b22-16-. The first-order valence-corrected chi connectivity index (χ1v) is 10.7. The number of carbonyl (C=O) groups excluding carboxylic acids is 1. The Morgan fingerprint density at radius 3 is 2.30 bits per heavy atom. The molecule has 1 heterocycles. The number of amidine groups is 1. The molecule has 4 rings (SSSR count). The summed E-state index contributed by atoms with van der Waals surface area (Å²) >= 11 is 1.68. The number of methoxy groups -OCH3 is 1. The second-order valence-corrected chi connectivity index (χ2v) is 7.46. The molecule has 1 N–H and O–H groups in total. The third-order valence-corrected chi connectivity index (χ3v) is 5.39. The average Bonchev–Trinajstić information content (AvgIpc) is 3.10. The van der Waals surface area contributed by atoms with Gasteiger partial charge in [0.1, 0.15) is 11.4 Å². The van der Waals surface area contributed by atoms with Crippen LogP contribution in [0, 0.1) is 0 Å². The van der Waals surface area contributed by atoms with Gasteiger partial charge in [0.15, 0.2) is 5.84 Å². The van der Waals surface area contributed by atoms with Gasteiger partial charge in [-0.25, -0.2) is 4.99 Å². The molecule has 1 aliphatic heterocycles. The Labute approximate surface area is 180 Å². The lowest BCUT2D eigenvalue weighted by Crippen LogP contribution is -2.37. The zero-order valence-electron chi connectivity index (χ0n) is 16.7. The smallest absolute Gasteiger partial charge is 0.297 e. The quantitative estimate of drug-likeness (QED) is 0.451. The maximum Gasteiger partial charge on any atom is 0.297 e. The van der Waals surface area contributed by atoms with E-state index in [0.717, 1.165) is 22.6 Å². The average molecular weight is 416 g/mol. The fourth-order valence-corrected chi connectivity index (χ4v) is 3.46. The minimum atomic E-state index is -0.210. The van der Waals surface area contributed by atoms with Crippen LogP contribution in [0.3, 0.4) is 0 Å². The Hall–Kier alpha value is -3.51. The van der Waals surface area contributed by atoms with E-state index >= 15 is 0 Å². The Bertz CT molecular complexity index is 1090. The van der Waals surface area contributed by atoms with Gasteiger partial charge in [0.25, 0.3) is 5.91 Å². The van der Waals surface area contributed by atoms with Gasteiger partial charge in [-0.2, -0.15) is 5.01 Å². The number of nitrogens with one attached hydrogen (secondary N) is 1. The van der Waals surface area contributed by atoms with E-state index in [9.17, 15) is 4.79 Å². The van der Waals surface area contributed by atoms with E-state index in [0.29, 0.717) is 11.5 Å². The van der Waals surface area contributed by atoms with Gasteiger partial charge in [0, 0.05) is 10.5 Å². The maximum absolute atomic E-state index is 13.2. The predicted octanol–water partition coefficient (Wildman–Crippen LogP) is 5.07. The van der Waals surface area contributed by atoms with Crippen molar-refractivity contribution in [3.8, 4) is 5.75 Å². The molecule has 3 aromatic carbocycles. The molecule has 0 unspecified atom stereocenters. The summed E-state index contributed by atoms with van der Waals surface area (Å²) in [5, 5.41) is 1.49. The van der Waals surface area contributed by atoms with E-state index < -0.39 is 0 Å². The number of amides is 1. The summed E-state index contributed by atoms with van der Waals surface area (Å²) in [5.41, 5.74) is 6.11. The van der Waals surface area contributed by atoms with Crippen molar-refractivity contribution in [2.75, 3.05) is 18.8 Å². The second-order valence-electron chi connectivity index (χ2n) is 6.59. The third kappa shape index (κ3) is 4.23. The molecule has 0 fully saturated rings. The molecule has 0 atom stereocenters. The topological polar surface area (TPSA) is 53.9 Å². The van der Waals surface area contributed by atoms with Crippen molar-refractivity contribution in [3.05, 3.63) is 95.7 Å². The largest absolute Gasteiger partial charge is 0.497 e. The van der Waals surface area contributed by atoms with Crippen LogP contribution in [-0.4, -0.2) is 30.1 Å². The Morgan fingerprint density at radius 2 is 1.67 bits per heavy atom. The number of nitrogens with zero attached hydrogens (tertiary/aromatic N) is 2. The van der Waals surface area contributed by atoms with Crippen LogP contribution in [0.1, 0.15) is 11.1 Å². The third-order valence-electron chi connectivity index (χ3n) is 4.64. The van der Waals surface area contributed by atoms with Crippen molar-refractivity contribution in [3.63, 3.8) is 0 Å². The molecule has 1 amide bonds. The van der Waals surface area contributed by atoms with Gasteiger partial charge in [-0.15, -0.1) is 11.8 Å².